The summed E-state index contributed by atoms with van der Waals surface area (Å²) in [4.78, 5) is 25.8. The molecular weight excluding hydrogens is 254 g/mol. The molecule has 0 aromatic carbocycles. The highest BCUT2D eigenvalue weighted by Crippen LogP contribution is 2.31. The van der Waals surface area contributed by atoms with Crippen LogP contribution in [0.25, 0.3) is 0 Å². The molecule has 0 atom stereocenters. The Morgan fingerprint density at radius 3 is 1.70 bits per heavy atom. The van der Waals surface area contributed by atoms with E-state index >= 15 is 0 Å². The molecule has 0 aromatic rings. The lowest BCUT2D eigenvalue weighted by Gasteiger charge is -2.30. The van der Waals surface area contributed by atoms with Crippen molar-refractivity contribution in [2.45, 2.75) is 72.6 Å². The van der Waals surface area contributed by atoms with Crippen molar-refractivity contribution in [2.24, 2.45) is 5.41 Å². The van der Waals surface area contributed by atoms with E-state index in [-0.39, 0.29) is 12.3 Å². The number of hydrogen-bond acceptors (Lipinski definition) is 2. The van der Waals surface area contributed by atoms with Gasteiger partial charge in [0.05, 0.1) is 5.41 Å². The van der Waals surface area contributed by atoms with Crippen molar-refractivity contribution in [3.05, 3.63) is 0 Å². The van der Waals surface area contributed by atoms with Gasteiger partial charge >= 0.3 is 5.97 Å². The van der Waals surface area contributed by atoms with Gasteiger partial charge < -0.3 is 10.0 Å². The molecular formula is C16H31NO3. The lowest BCUT2D eigenvalue weighted by atomic mass is 9.79. The van der Waals surface area contributed by atoms with E-state index in [0.717, 1.165) is 38.8 Å². The number of carbonyl (C=O) groups is 2. The Balaban J connectivity index is 4.81. The largest absolute Gasteiger partial charge is 0.481 e. The second-order valence-electron chi connectivity index (χ2n) is 5.56. The van der Waals surface area contributed by atoms with Crippen molar-refractivity contribution < 1.29 is 14.7 Å². The molecule has 0 fully saturated rings. The summed E-state index contributed by atoms with van der Waals surface area (Å²) in [6.45, 7) is 9.40. The summed E-state index contributed by atoms with van der Waals surface area (Å²) in [5.41, 5.74) is -0.895. The predicted molar refractivity (Wildman–Crippen MR) is 81.7 cm³/mol. The number of carboxylic acid groups (broad SMARTS) is 1. The summed E-state index contributed by atoms with van der Waals surface area (Å²) >= 11 is 0. The molecule has 1 N–H and O–H groups in total. The van der Waals surface area contributed by atoms with E-state index in [1.54, 1.807) is 0 Å². The number of aliphatic carboxylic acids is 1. The number of nitrogens with zero attached hydrogens (tertiary/aromatic N) is 1. The van der Waals surface area contributed by atoms with Crippen molar-refractivity contribution in [2.75, 3.05) is 13.1 Å². The fourth-order valence-electron chi connectivity index (χ4n) is 2.34. The zero-order valence-electron chi connectivity index (χ0n) is 13.6. The van der Waals surface area contributed by atoms with E-state index in [1.165, 1.54) is 0 Å². The van der Waals surface area contributed by atoms with Crippen LogP contribution in [0.1, 0.15) is 72.6 Å². The van der Waals surface area contributed by atoms with Crippen LogP contribution in [0.15, 0.2) is 0 Å². The number of unbranched alkanes of at least 4 members (excludes halogenated alkanes) is 2. The highest BCUT2D eigenvalue weighted by atomic mass is 16.4. The molecule has 0 radical (unpaired) electrons. The van der Waals surface area contributed by atoms with Crippen LogP contribution in [-0.2, 0) is 9.59 Å². The van der Waals surface area contributed by atoms with Crippen molar-refractivity contribution >= 4 is 11.9 Å². The van der Waals surface area contributed by atoms with E-state index in [0.29, 0.717) is 12.8 Å². The van der Waals surface area contributed by atoms with Gasteiger partial charge in [-0.05, 0) is 25.7 Å². The van der Waals surface area contributed by atoms with Crippen LogP contribution in [0, 0.1) is 5.41 Å². The average Bonchev–Trinajstić information content (AvgIpc) is 2.44. The minimum atomic E-state index is -0.895. The molecule has 20 heavy (non-hydrogen) atoms. The molecule has 0 aliphatic rings. The summed E-state index contributed by atoms with van der Waals surface area (Å²) in [5, 5.41) is 9.44. The molecule has 0 aromatic heterocycles. The van der Waals surface area contributed by atoms with Gasteiger partial charge in [0, 0.05) is 19.5 Å². The molecule has 0 rings (SSSR count). The van der Waals surface area contributed by atoms with Gasteiger partial charge in [-0.25, -0.2) is 0 Å². The highest BCUT2D eigenvalue weighted by molar-refractivity contribution is 5.85. The highest BCUT2D eigenvalue weighted by Gasteiger charge is 2.38. The monoisotopic (exact) mass is 285 g/mol. The Morgan fingerprint density at radius 1 is 0.950 bits per heavy atom. The van der Waals surface area contributed by atoms with E-state index in [1.807, 2.05) is 18.7 Å². The number of rotatable bonds is 11. The number of hydrogen-bond donors (Lipinski definition) is 1. The van der Waals surface area contributed by atoms with Crippen LogP contribution in [-0.4, -0.2) is 35.0 Å². The van der Waals surface area contributed by atoms with Gasteiger partial charge in [0.1, 0.15) is 0 Å². The van der Waals surface area contributed by atoms with Crippen LogP contribution >= 0.6 is 0 Å². The van der Waals surface area contributed by atoms with Crippen molar-refractivity contribution in [3.8, 4) is 0 Å². The van der Waals surface area contributed by atoms with Gasteiger partial charge in [-0.3, -0.25) is 9.59 Å². The van der Waals surface area contributed by atoms with E-state index in [4.69, 9.17) is 0 Å². The molecule has 0 saturated heterocycles. The van der Waals surface area contributed by atoms with Gasteiger partial charge in [-0.15, -0.1) is 0 Å². The zero-order valence-corrected chi connectivity index (χ0v) is 13.6. The SMILES string of the molecule is CCCCN(CCCC)C(=O)CC(CC)(CC)C(=O)O. The summed E-state index contributed by atoms with van der Waals surface area (Å²) in [7, 11) is 0. The van der Waals surface area contributed by atoms with E-state index in [2.05, 4.69) is 13.8 Å². The topological polar surface area (TPSA) is 57.6 Å². The van der Waals surface area contributed by atoms with Gasteiger partial charge in [-0.2, -0.15) is 0 Å². The molecule has 0 spiro atoms. The van der Waals surface area contributed by atoms with Crippen LogP contribution in [0.2, 0.25) is 0 Å². The molecule has 0 aliphatic heterocycles. The molecule has 0 heterocycles. The smallest absolute Gasteiger partial charge is 0.310 e. The summed E-state index contributed by atoms with van der Waals surface area (Å²) in [5.74, 6) is -0.847. The standard InChI is InChI=1S/C16H31NO3/c1-5-9-11-17(12-10-6-2)14(18)13-16(7-3,8-4)15(19)20/h5-13H2,1-4H3,(H,19,20). The van der Waals surface area contributed by atoms with Crippen LogP contribution in [0.5, 0.6) is 0 Å². The van der Waals surface area contributed by atoms with Gasteiger partial charge in [0.2, 0.25) is 5.91 Å². The lowest BCUT2D eigenvalue weighted by Crippen LogP contribution is -2.40. The minimum Gasteiger partial charge on any atom is -0.481 e. The first-order chi connectivity index (χ1) is 9.47. The Morgan fingerprint density at radius 2 is 1.40 bits per heavy atom. The summed E-state index contributed by atoms with van der Waals surface area (Å²) in [6, 6.07) is 0. The van der Waals surface area contributed by atoms with Crippen molar-refractivity contribution in [3.63, 3.8) is 0 Å². The first-order valence-electron chi connectivity index (χ1n) is 7.98. The maximum atomic E-state index is 12.5. The molecule has 0 bridgehead atoms. The van der Waals surface area contributed by atoms with Crippen molar-refractivity contribution in [1.82, 2.24) is 4.90 Å². The Kier molecular flexibility index (Phi) is 9.26. The van der Waals surface area contributed by atoms with Gasteiger partial charge in [-0.1, -0.05) is 40.5 Å². The van der Waals surface area contributed by atoms with Crippen molar-refractivity contribution in [1.29, 1.82) is 0 Å². The Bertz CT molecular complexity index is 290. The molecule has 0 aliphatic carbocycles. The van der Waals surface area contributed by atoms with E-state index in [9.17, 15) is 14.7 Å². The fraction of sp³-hybridized carbons (Fsp3) is 0.875. The van der Waals surface area contributed by atoms with Crippen LogP contribution in [0.4, 0.5) is 0 Å². The van der Waals surface area contributed by atoms with Crippen LogP contribution in [0.3, 0.4) is 0 Å². The van der Waals surface area contributed by atoms with Crippen LogP contribution < -0.4 is 0 Å². The average molecular weight is 285 g/mol. The number of carbonyl (C=O) groups excluding carboxylic acids is 1. The zero-order chi connectivity index (χ0) is 15.6. The molecule has 4 nitrogen and oxygen atoms in total. The third kappa shape index (κ3) is 5.51. The maximum absolute atomic E-state index is 12.5. The minimum absolute atomic E-state index is 0.00185. The quantitative estimate of drug-likeness (QED) is 0.630. The number of amides is 1. The molecule has 0 saturated carbocycles. The summed E-state index contributed by atoms with van der Waals surface area (Å²) in [6.07, 6.45) is 5.17. The number of carboxylic acids is 1. The first-order valence-corrected chi connectivity index (χ1v) is 7.98. The molecule has 0 unspecified atom stereocenters. The normalized spacial score (nSPS) is 11.4. The van der Waals surface area contributed by atoms with Gasteiger partial charge in [0.25, 0.3) is 0 Å². The summed E-state index contributed by atoms with van der Waals surface area (Å²) < 4.78 is 0. The second kappa shape index (κ2) is 9.78. The first kappa shape index (κ1) is 18.9. The molecule has 4 heteroatoms. The maximum Gasteiger partial charge on any atom is 0.310 e. The lowest BCUT2D eigenvalue weighted by molar-refractivity contribution is -0.154. The Hall–Kier alpha value is -1.06. The predicted octanol–water partition coefficient (Wildman–Crippen LogP) is 3.70. The second-order valence-corrected chi connectivity index (χ2v) is 5.56. The van der Waals surface area contributed by atoms with Gasteiger partial charge in [0.15, 0.2) is 0 Å². The molecule has 118 valence electrons. The van der Waals surface area contributed by atoms with E-state index < -0.39 is 11.4 Å². The fourth-order valence-corrected chi connectivity index (χ4v) is 2.34. The third-order valence-electron chi connectivity index (χ3n) is 4.21. The molecule has 1 amide bonds. The Labute approximate surface area is 123 Å². The third-order valence-corrected chi connectivity index (χ3v) is 4.21.